The number of methoxy groups -OCH3 is 1. The molecule has 5 aromatic rings. The first-order valence-corrected chi connectivity index (χ1v) is 12.8. The van der Waals surface area contributed by atoms with E-state index in [2.05, 4.69) is 19.8 Å². The van der Waals surface area contributed by atoms with E-state index in [4.69, 9.17) is 4.74 Å². The molecule has 1 aromatic heterocycles. The van der Waals surface area contributed by atoms with Crippen molar-refractivity contribution in [1.82, 2.24) is 4.98 Å². The van der Waals surface area contributed by atoms with E-state index >= 15 is 0 Å². The van der Waals surface area contributed by atoms with Gasteiger partial charge in [-0.1, -0.05) is 42.5 Å². The number of hydrogen-bond acceptors (Lipinski definition) is 5. The number of carbonyl (C=O) groups excluding carboxylic acids is 1. The molecule has 0 saturated heterocycles. The molecular weight excluding hydrogens is 533 g/mol. The second kappa shape index (κ2) is 10.5. The quantitative estimate of drug-likeness (QED) is 0.227. The topological polar surface area (TPSA) is 69.7 Å². The molecule has 0 aliphatic carbocycles. The second-order valence-corrected chi connectivity index (χ2v) is 9.53. The summed E-state index contributed by atoms with van der Waals surface area (Å²) in [5.41, 5.74) is 4.13. The average molecular weight is 557 g/mol. The highest BCUT2D eigenvalue weighted by atomic mass is 19.3. The number of alkyl halides is 2. The lowest BCUT2D eigenvalue weighted by Gasteiger charge is -2.19. The van der Waals surface area contributed by atoms with Crippen molar-refractivity contribution in [1.29, 1.82) is 0 Å². The lowest BCUT2D eigenvalue weighted by atomic mass is 9.89. The molecule has 6 nitrogen and oxygen atoms in total. The number of fused-ring (bicyclic) bond motifs is 2. The molecule has 6 rings (SSSR count). The molecule has 0 bridgehead atoms. The summed E-state index contributed by atoms with van der Waals surface area (Å²) in [6.07, 6.45) is -1.78. The Morgan fingerprint density at radius 1 is 0.951 bits per heavy atom. The monoisotopic (exact) mass is 556 g/mol. The van der Waals surface area contributed by atoms with Gasteiger partial charge in [0.2, 0.25) is 5.91 Å². The van der Waals surface area contributed by atoms with Crippen molar-refractivity contribution < 1.29 is 32.2 Å². The number of amides is 1. The van der Waals surface area contributed by atoms with Gasteiger partial charge in [-0.2, -0.15) is 0 Å². The smallest absolute Gasteiger partial charge is 0.496 e. The molecule has 0 saturated carbocycles. The predicted octanol–water partition coefficient (Wildman–Crippen LogP) is 7.34. The summed E-state index contributed by atoms with van der Waals surface area (Å²) < 4.78 is 55.5. The van der Waals surface area contributed by atoms with Gasteiger partial charge in [0.05, 0.1) is 18.5 Å². The van der Waals surface area contributed by atoms with Crippen molar-refractivity contribution in [2.24, 2.45) is 0 Å². The van der Waals surface area contributed by atoms with Gasteiger partial charge in [0.25, 0.3) is 0 Å². The van der Waals surface area contributed by atoms with E-state index in [0.717, 1.165) is 16.7 Å². The van der Waals surface area contributed by atoms with E-state index < -0.39 is 12.2 Å². The van der Waals surface area contributed by atoms with Crippen molar-refractivity contribution in [2.75, 3.05) is 12.4 Å². The van der Waals surface area contributed by atoms with E-state index in [1.54, 1.807) is 19.4 Å². The Morgan fingerprint density at radius 2 is 1.73 bits per heavy atom. The molecule has 1 atom stereocenters. The summed E-state index contributed by atoms with van der Waals surface area (Å²) in [4.78, 5) is 18.0. The van der Waals surface area contributed by atoms with Gasteiger partial charge in [-0.15, -0.1) is 8.78 Å². The van der Waals surface area contributed by atoms with Crippen LogP contribution in [0.4, 0.5) is 18.9 Å². The normalized spacial score (nSPS) is 14.0. The molecule has 0 unspecified atom stereocenters. The van der Waals surface area contributed by atoms with E-state index in [-0.39, 0.29) is 28.9 Å². The minimum absolute atomic E-state index is 0.113. The molecular formula is C32H23F3N2O4. The molecule has 0 spiro atoms. The molecule has 1 aliphatic rings. The first kappa shape index (κ1) is 26.2. The van der Waals surface area contributed by atoms with Crippen LogP contribution in [0.1, 0.15) is 17.0 Å². The lowest BCUT2D eigenvalue weighted by molar-refractivity contribution is -0.286. The number of benzene rings is 4. The Labute approximate surface area is 233 Å². The fourth-order valence-electron chi connectivity index (χ4n) is 4.97. The molecule has 0 fully saturated rings. The predicted molar refractivity (Wildman–Crippen MR) is 148 cm³/mol. The van der Waals surface area contributed by atoms with E-state index in [9.17, 15) is 18.0 Å². The standard InChI is InChI=1S/C32H23F3N2O4/c1-39-28-5-3-2-4-21(28)16-25(31(38)37-23-11-13-29-30(18-23)41-32(34,35)40-29)20-8-6-19(7-9-20)24-14-15-36-27-12-10-22(33)17-26(24)27/h2-15,17-18,25H,16H2,1H3,(H,37,38)/t25-/m1/s1. The third kappa shape index (κ3) is 5.38. The minimum Gasteiger partial charge on any atom is -0.496 e. The Balaban J connectivity index is 1.33. The SMILES string of the molecule is COc1ccccc1C[C@@H](C(=O)Nc1ccc2c(c1)OC(F)(F)O2)c1ccc(-c2ccnc3ccc(F)cc23)cc1. The number of halogens is 3. The van der Waals surface area contributed by atoms with Crippen molar-refractivity contribution in [3.05, 3.63) is 114 Å². The molecule has 1 amide bonds. The summed E-state index contributed by atoms with van der Waals surface area (Å²) in [5.74, 6) is -1.02. The zero-order chi connectivity index (χ0) is 28.6. The van der Waals surface area contributed by atoms with Crippen molar-refractivity contribution in [3.63, 3.8) is 0 Å². The van der Waals surface area contributed by atoms with Crippen molar-refractivity contribution in [3.8, 4) is 28.4 Å². The number of rotatable bonds is 7. The summed E-state index contributed by atoms with van der Waals surface area (Å²) in [5, 5.41) is 3.50. The molecule has 4 aromatic carbocycles. The maximum Gasteiger partial charge on any atom is 0.586 e. The van der Waals surface area contributed by atoms with Crippen LogP contribution in [0.15, 0.2) is 97.2 Å². The highest BCUT2D eigenvalue weighted by Crippen LogP contribution is 2.42. The van der Waals surface area contributed by atoms with Gasteiger partial charge in [-0.05, 0) is 71.1 Å². The van der Waals surface area contributed by atoms with Gasteiger partial charge in [0.15, 0.2) is 11.5 Å². The van der Waals surface area contributed by atoms with Gasteiger partial charge in [-0.3, -0.25) is 9.78 Å². The molecule has 1 N–H and O–H groups in total. The largest absolute Gasteiger partial charge is 0.586 e. The number of para-hydroxylation sites is 1. The Hall–Kier alpha value is -5.05. The van der Waals surface area contributed by atoms with Crippen LogP contribution in [0, 0.1) is 5.82 Å². The number of hydrogen-bond donors (Lipinski definition) is 1. The number of ether oxygens (including phenoxy) is 3. The third-order valence-corrected chi connectivity index (χ3v) is 6.93. The van der Waals surface area contributed by atoms with Crippen LogP contribution in [0.25, 0.3) is 22.0 Å². The van der Waals surface area contributed by atoms with Crippen molar-refractivity contribution in [2.45, 2.75) is 18.6 Å². The summed E-state index contributed by atoms with van der Waals surface area (Å²) in [6, 6.07) is 25.2. The van der Waals surface area contributed by atoms with Gasteiger partial charge < -0.3 is 19.5 Å². The van der Waals surface area contributed by atoms with E-state index in [1.165, 1.54) is 30.3 Å². The number of pyridine rings is 1. The van der Waals surface area contributed by atoms with Crippen LogP contribution >= 0.6 is 0 Å². The van der Waals surface area contributed by atoms with Gasteiger partial charge >= 0.3 is 6.29 Å². The summed E-state index contributed by atoms with van der Waals surface area (Å²) in [7, 11) is 1.56. The van der Waals surface area contributed by atoms with Gasteiger partial charge in [0.1, 0.15) is 11.6 Å². The zero-order valence-electron chi connectivity index (χ0n) is 21.7. The van der Waals surface area contributed by atoms with Crippen LogP contribution in [-0.4, -0.2) is 24.3 Å². The maximum atomic E-state index is 14.0. The molecule has 41 heavy (non-hydrogen) atoms. The Kier molecular flexibility index (Phi) is 6.70. The summed E-state index contributed by atoms with van der Waals surface area (Å²) >= 11 is 0. The Bertz CT molecular complexity index is 1760. The highest BCUT2D eigenvalue weighted by molar-refractivity contribution is 5.97. The first-order chi connectivity index (χ1) is 19.8. The first-order valence-electron chi connectivity index (χ1n) is 12.8. The fourth-order valence-corrected chi connectivity index (χ4v) is 4.97. The van der Waals surface area contributed by atoms with E-state index in [1.807, 2.05) is 54.6 Å². The van der Waals surface area contributed by atoms with Crippen LogP contribution in [0.2, 0.25) is 0 Å². The molecule has 0 radical (unpaired) electrons. The highest BCUT2D eigenvalue weighted by Gasteiger charge is 2.43. The molecule has 2 heterocycles. The van der Waals surface area contributed by atoms with Gasteiger partial charge in [0, 0.05) is 23.3 Å². The number of carbonyl (C=O) groups is 1. The van der Waals surface area contributed by atoms with Crippen LogP contribution in [0.5, 0.6) is 17.2 Å². The van der Waals surface area contributed by atoms with Crippen LogP contribution < -0.4 is 19.5 Å². The second-order valence-electron chi connectivity index (χ2n) is 9.53. The summed E-state index contributed by atoms with van der Waals surface area (Å²) in [6.45, 7) is 0. The molecule has 9 heteroatoms. The Morgan fingerprint density at radius 3 is 2.54 bits per heavy atom. The van der Waals surface area contributed by atoms with Gasteiger partial charge in [-0.25, -0.2) is 4.39 Å². The van der Waals surface area contributed by atoms with Crippen LogP contribution in [0.3, 0.4) is 0 Å². The fraction of sp³-hybridized carbons (Fsp3) is 0.125. The number of nitrogens with one attached hydrogen (secondary N) is 1. The van der Waals surface area contributed by atoms with E-state index in [0.29, 0.717) is 28.6 Å². The molecule has 206 valence electrons. The third-order valence-electron chi connectivity index (χ3n) is 6.93. The number of nitrogens with zero attached hydrogens (tertiary/aromatic N) is 1. The average Bonchev–Trinajstić information content (AvgIpc) is 3.29. The van der Waals surface area contributed by atoms with Crippen molar-refractivity contribution >= 4 is 22.5 Å². The molecule has 1 aliphatic heterocycles. The number of aromatic nitrogens is 1. The van der Waals surface area contributed by atoms with Crippen LogP contribution in [-0.2, 0) is 11.2 Å². The lowest BCUT2D eigenvalue weighted by Crippen LogP contribution is -2.26. The maximum absolute atomic E-state index is 14.0. The number of anilines is 1. The minimum atomic E-state index is -3.76. The zero-order valence-corrected chi connectivity index (χ0v) is 21.7.